The molecule has 0 saturated carbocycles. The van der Waals surface area contributed by atoms with E-state index < -0.39 is 0 Å². The minimum atomic E-state index is 0.179. The number of aromatic amines is 1. The van der Waals surface area contributed by atoms with Crippen LogP contribution in [-0.4, -0.2) is 33.4 Å². The Morgan fingerprint density at radius 3 is 2.65 bits per heavy atom. The molecule has 0 aliphatic carbocycles. The second kappa shape index (κ2) is 6.57. The lowest BCUT2D eigenvalue weighted by Gasteiger charge is -2.20. The number of aryl methyl sites for hydroxylation is 1. The van der Waals surface area contributed by atoms with E-state index in [1.54, 1.807) is 0 Å². The highest BCUT2D eigenvalue weighted by molar-refractivity contribution is 5.80. The molecule has 0 bridgehead atoms. The summed E-state index contributed by atoms with van der Waals surface area (Å²) in [6.07, 6.45) is 2.61. The maximum Gasteiger partial charge on any atom is 0.223 e. The lowest BCUT2D eigenvalue weighted by molar-refractivity contribution is -0.129. The zero-order chi connectivity index (χ0) is 16.4. The molecule has 1 aromatic heterocycles. The second-order valence-electron chi connectivity index (χ2n) is 6.61. The van der Waals surface area contributed by atoms with Gasteiger partial charge in [-0.2, -0.15) is 0 Å². The van der Waals surface area contributed by atoms with Gasteiger partial charge in [0, 0.05) is 36.2 Å². The Hall–Kier alpha value is -2.10. The number of H-pyrrole nitrogens is 1. The Morgan fingerprint density at radius 2 is 2.04 bits per heavy atom. The predicted molar refractivity (Wildman–Crippen MR) is 92.2 cm³/mol. The van der Waals surface area contributed by atoms with E-state index in [9.17, 15) is 4.79 Å². The average Bonchev–Trinajstić information content (AvgIpc) is 3.12. The molecule has 23 heavy (non-hydrogen) atoms. The highest BCUT2D eigenvalue weighted by Gasteiger charge is 2.34. The van der Waals surface area contributed by atoms with Crippen molar-refractivity contribution in [1.82, 2.24) is 14.9 Å². The third-order valence-electron chi connectivity index (χ3n) is 4.51. The molecule has 0 spiro atoms. The first-order valence-electron chi connectivity index (χ1n) is 8.53. The standard InChI is InChI=1S/C19H25N3O/c1-4-8-16-18(14-9-6-5-7-10-14)21-19(20-16)15-11-17(23)22(12-15)13(2)3/h5-7,9-10,13,15H,4,8,11-12H2,1-3H3,(H,20,21). The fraction of sp³-hybridized carbons (Fsp3) is 0.474. The first-order valence-corrected chi connectivity index (χ1v) is 8.53. The molecule has 1 aliphatic rings. The van der Waals surface area contributed by atoms with Gasteiger partial charge in [0.1, 0.15) is 5.82 Å². The summed E-state index contributed by atoms with van der Waals surface area (Å²) in [5, 5.41) is 0. The number of benzene rings is 1. The van der Waals surface area contributed by atoms with Crippen LogP contribution in [0.2, 0.25) is 0 Å². The van der Waals surface area contributed by atoms with E-state index in [0.717, 1.165) is 36.5 Å². The van der Waals surface area contributed by atoms with Crippen LogP contribution in [0.3, 0.4) is 0 Å². The third-order valence-corrected chi connectivity index (χ3v) is 4.51. The van der Waals surface area contributed by atoms with E-state index in [4.69, 9.17) is 4.98 Å². The van der Waals surface area contributed by atoms with E-state index in [0.29, 0.717) is 6.42 Å². The second-order valence-corrected chi connectivity index (χ2v) is 6.61. The summed E-state index contributed by atoms with van der Waals surface area (Å²) in [4.78, 5) is 22.5. The number of nitrogens with zero attached hydrogens (tertiary/aromatic N) is 2. The van der Waals surface area contributed by atoms with Gasteiger partial charge in [0.25, 0.3) is 0 Å². The molecule has 1 aliphatic heterocycles. The van der Waals surface area contributed by atoms with Gasteiger partial charge in [-0.15, -0.1) is 0 Å². The van der Waals surface area contributed by atoms with Gasteiger partial charge >= 0.3 is 0 Å². The molecule has 1 amide bonds. The van der Waals surface area contributed by atoms with Crippen molar-refractivity contribution in [3.05, 3.63) is 41.9 Å². The SMILES string of the molecule is CCCc1[nH]c(C2CC(=O)N(C(C)C)C2)nc1-c1ccccc1. The van der Waals surface area contributed by atoms with Gasteiger partial charge in [0.2, 0.25) is 5.91 Å². The van der Waals surface area contributed by atoms with Gasteiger partial charge in [-0.1, -0.05) is 43.7 Å². The number of carbonyl (C=O) groups excluding carboxylic acids is 1. The van der Waals surface area contributed by atoms with E-state index in [1.165, 1.54) is 5.69 Å². The Bertz CT molecular complexity index is 675. The molecule has 4 nitrogen and oxygen atoms in total. The Labute approximate surface area is 137 Å². The Kier molecular flexibility index (Phi) is 4.51. The van der Waals surface area contributed by atoms with Crippen molar-refractivity contribution in [3.63, 3.8) is 0 Å². The van der Waals surface area contributed by atoms with Crippen molar-refractivity contribution in [3.8, 4) is 11.3 Å². The highest BCUT2D eigenvalue weighted by atomic mass is 16.2. The normalized spacial score (nSPS) is 18.2. The topological polar surface area (TPSA) is 49.0 Å². The molecule has 1 saturated heterocycles. The van der Waals surface area contributed by atoms with Gasteiger partial charge < -0.3 is 9.88 Å². The quantitative estimate of drug-likeness (QED) is 0.914. The minimum Gasteiger partial charge on any atom is -0.345 e. The van der Waals surface area contributed by atoms with Gasteiger partial charge in [-0.3, -0.25) is 4.79 Å². The molecule has 1 N–H and O–H groups in total. The highest BCUT2D eigenvalue weighted by Crippen LogP contribution is 2.31. The van der Waals surface area contributed by atoms with Crippen molar-refractivity contribution in [2.45, 2.75) is 52.0 Å². The number of carbonyl (C=O) groups is 1. The Morgan fingerprint density at radius 1 is 1.30 bits per heavy atom. The van der Waals surface area contributed by atoms with Crippen molar-refractivity contribution in [2.75, 3.05) is 6.54 Å². The van der Waals surface area contributed by atoms with Gasteiger partial charge in [0.15, 0.2) is 0 Å². The minimum absolute atomic E-state index is 0.179. The fourth-order valence-electron chi connectivity index (χ4n) is 3.30. The molecule has 2 heterocycles. The summed E-state index contributed by atoms with van der Waals surface area (Å²) in [5.41, 5.74) is 3.37. The molecule has 1 unspecified atom stereocenters. The zero-order valence-corrected chi connectivity index (χ0v) is 14.2. The van der Waals surface area contributed by atoms with Crippen molar-refractivity contribution >= 4 is 5.91 Å². The Balaban J connectivity index is 1.91. The number of aromatic nitrogens is 2. The van der Waals surface area contributed by atoms with Crippen LogP contribution in [0, 0.1) is 0 Å². The maximum atomic E-state index is 12.2. The van der Waals surface area contributed by atoms with Crippen LogP contribution in [0.5, 0.6) is 0 Å². The van der Waals surface area contributed by atoms with Crippen LogP contribution < -0.4 is 0 Å². The number of nitrogens with one attached hydrogen (secondary N) is 1. The zero-order valence-electron chi connectivity index (χ0n) is 14.2. The summed E-state index contributed by atoms with van der Waals surface area (Å²) in [6, 6.07) is 10.6. The largest absolute Gasteiger partial charge is 0.345 e. The first-order chi connectivity index (χ1) is 11.1. The number of likely N-dealkylation sites (tertiary alicyclic amines) is 1. The summed E-state index contributed by atoms with van der Waals surface area (Å²) >= 11 is 0. The first kappa shape index (κ1) is 15.8. The van der Waals surface area contributed by atoms with E-state index in [2.05, 4.69) is 37.9 Å². The van der Waals surface area contributed by atoms with E-state index in [1.807, 2.05) is 23.1 Å². The number of imidazole rings is 1. The number of amides is 1. The van der Waals surface area contributed by atoms with E-state index in [-0.39, 0.29) is 17.9 Å². The fourth-order valence-corrected chi connectivity index (χ4v) is 3.30. The third kappa shape index (κ3) is 3.16. The monoisotopic (exact) mass is 311 g/mol. The molecular formula is C19H25N3O. The van der Waals surface area contributed by atoms with Gasteiger partial charge in [-0.05, 0) is 20.3 Å². The molecule has 1 aromatic carbocycles. The predicted octanol–water partition coefficient (Wildman–Crippen LogP) is 3.75. The molecule has 0 radical (unpaired) electrons. The summed E-state index contributed by atoms with van der Waals surface area (Å²) in [5.74, 6) is 1.38. The van der Waals surface area contributed by atoms with Crippen LogP contribution in [-0.2, 0) is 11.2 Å². The lowest BCUT2D eigenvalue weighted by atomic mass is 10.1. The van der Waals surface area contributed by atoms with Crippen LogP contribution in [0.25, 0.3) is 11.3 Å². The average molecular weight is 311 g/mol. The van der Waals surface area contributed by atoms with Crippen molar-refractivity contribution < 1.29 is 4.79 Å². The van der Waals surface area contributed by atoms with Crippen LogP contribution in [0.15, 0.2) is 30.3 Å². The molecule has 1 fully saturated rings. The van der Waals surface area contributed by atoms with Crippen LogP contribution in [0.4, 0.5) is 0 Å². The molecule has 4 heteroatoms. The van der Waals surface area contributed by atoms with Crippen LogP contribution >= 0.6 is 0 Å². The summed E-state index contributed by atoms with van der Waals surface area (Å²) in [7, 11) is 0. The van der Waals surface area contributed by atoms with Crippen LogP contribution in [0.1, 0.15) is 51.0 Å². The molecule has 2 aromatic rings. The maximum absolute atomic E-state index is 12.2. The summed E-state index contributed by atoms with van der Waals surface area (Å²) < 4.78 is 0. The van der Waals surface area contributed by atoms with E-state index >= 15 is 0 Å². The summed E-state index contributed by atoms with van der Waals surface area (Å²) in [6.45, 7) is 7.08. The molecule has 122 valence electrons. The van der Waals surface area contributed by atoms with Crippen molar-refractivity contribution in [2.24, 2.45) is 0 Å². The number of hydrogen-bond acceptors (Lipinski definition) is 2. The molecule has 3 rings (SSSR count). The molecule has 1 atom stereocenters. The van der Waals surface area contributed by atoms with Crippen molar-refractivity contribution in [1.29, 1.82) is 0 Å². The number of hydrogen-bond donors (Lipinski definition) is 1. The lowest BCUT2D eigenvalue weighted by Crippen LogP contribution is -2.31. The van der Waals surface area contributed by atoms with Gasteiger partial charge in [-0.25, -0.2) is 4.98 Å². The molecular weight excluding hydrogens is 286 g/mol. The smallest absolute Gasteiger partial charge is 0.223 e. The van der Waals surface area contributed by atoms with Gasteiger partial charge in [0.05, 0.1) is 5.69 Å². The number of rotatable bonds is 5.